The summed E-state index contributed by atoms with van der Waals surface area (Å²) in [6.45, 7) is 3.60. The van der Waals surface area contributed by atoms with Gasteiger partial charge in [0.2, 0.25) is 0 Å². The van der Waals surface area contributed by atoms with E-state index in [2.05, 4.69) is 25.1 Å². The number of Topliss-reactive ketones (excluding diaryl/α,β-unsaturated/α-hetero) is 1. The van der Waals surface area contributed by atoms with Gasteiger partial charge in [0.15, 0.2) is 20.8 Å². The Morgan fingerprint density at radius 1 is 1.18 bits per heavy atom. The van der Waals surface area contributed by atoms with Gasteiger partial charge in [-0.05, 0) is 31.5 Å². The van der Waals surface area contributed by atoms with Gasteiger partial charge in [-0.1, -0.05) is 53.7 Å². The largest absolute Gasteiger partial charge is 0.315 e. The Labute approximate surface area is 169 Å². The first kappa shape index (κ1) is 19.2. The Kier molecular flexibility index (Phi) is 5.05. The van der Waals surface area contributed by atoms with Crippen molar-refractivity contribution in [2.75, 3.05) is 16.4 Å². The number of fused-ring (bicyclic) bond motifs is 1. The summed E-state index contributed by atoms with van der Waals surface area (Å²) in [5.41, 5.74) is 3.85. The highest BCUT2D eigenvalue weighted by Gasteiger charge is 2.47. The van der Waals surface area contributed by atoms with Crippen LogP contribution in [0.4, 0.5) is 5.69 Å². The number of carbonyl (C=O) groups excluding carboxylic acids is 1. The van der Waals surface area contributed by atoms with Crippen molar-refractivity contribution in [2.45, 2.75) is 31.7 Å². The zero-order chi connectivity index (χ0) is 19.9. The minimum atomic E-state index is -3.09. The van der Waals surface area contributed by atoms with E-state index in [-0.39, 0.29) is 29.4 Å². The van der Waals surface area contributed by atoms with Gasteiger partial charge in [-0.2, -0.15) is 0 Å². The molecule has 5 nitrogen and oxygen atoms in total. The average molecular weight is 415 g/mol. The zero-order valence-electron chi connectivity index (χ0n) is 15.8. The molecule has 4 rings (SSSR count). The summed E-state index contributed by atoms with van der Waals surface area (Å²) in [6, 6.07) is 15.3. The summed E-state index contributed by atoms with van der Waals surface area (Å²) < 4.78 is 24.3. The summed E-state index contributed by atoms with van der Waals surface area (Å²) in [7, 11) is -3.09. The molecular weight excluding hydrogens is 392 g/mol. The molecule has 1 saturated heterocycles. The van der Waals surface area contributed by atoms with Crippen LogP contribution in [0.25, 0.3) is 0 Å². The molecule has 0 amide bonds. The fraction of sp³-hybridized carbons (Fsp3) is 0.333. The molecule has 0 spiro atoms. The number of benzene rings is 2. The lowest BCUT2D eigenvalue weighted by molar-refractivity contribution is 0.101. The van der Waals surface area contributed by atoms with E-state index in [0.29, 0.717) is 5.56 Å². The van der Waals surface area contributed by atoms with E-state index in [4.69, 9.17) is 4.99 Å². The number of thioether (sulfide) groups is 1. The molecule has 0 saturated carbocycles. The Hall–Kier alpha value is -2.12. The molecule has 0 N–H and O–H groups in total. The van der Waals surface area contributed by atoms with Gasteiger partial charge in [0, 0.05) is 17.0 Å². The highest BCUT2D eigenvalue weighted by Crippen LogP contribution is 2.36. The van der Waals surface area contributed by atoms with Crippen molar-refractivity contribution < 1.29 is 13.2 Å². The zero-order valence-corrected chi connectivity index (χ0v) is 17.5. The molecule has 2 aromatic rings. The van der Waals surface area contributed by atoms with E-state index in [0.717, 1.165) is 16.6 Å². The molecule has 28 heavy (non-hydrogen) atoms. The van der Waals surface area contributed by atoms with Crippen molar-refractivity contribution in [1.82, 2.24) is 0 Å². The van der Waals surface area contributed by atoms with Gasteiger partial charge in [-0.3, -0.25) is 9.79 Å². The number of anilines is 1. The number of carbonyl (C=O) groups is 1. The van der Waals surface area contributed by atoms with E-state index in [1.165, 1.54) is 18.1 Å². The third kappa shape index (κ3) is 3.86. The molecule has 2 atom stereocenters. The van der Waals surface area contributed by atoms with Crippen molar-refractivity contribution in [1.29, 1.82) is 0 Å². The average Bonchev–Trinajstić information content (AvgIpc) is 3.11. The number of nitrogens with zero attached hydrogens (tertiary/aromatic N) is 2. The van der Waals surface area contributed by atoms with Crippen LogP contribution in [0.1, 0.15) is 28.4 Å². The quantitative estimate of drug-likeness (QED) is 0.717. The lowest BCUT2D eigenvalue weighted by atomic mass is 10.1. The SMILES string of the molecule is CC(=O)c1cccc(N2C(SCc3cccc(C)c3)=N[C@H]3CS(=O)(=O)C[C@H]32)c1. The van der Waals surface area contributed by atoms with Crippen LogP contribution in [0.5, 0.6) is 0 Å². The smallest absolute Gasteiger partial charge is 0.164 e. The maximum absolute atomic E-state index is 12.2. The Morgan fingerprint density at radius 2 is 1.96 bits per heavy atom. The van der Waals surface area contributed by atoms with Crippen molar-refractivity contribution >= 4 is 38.2 Å². The van der Waals surface area contributed by atoms with Crippen LogP contribution < -0.4 is 4.90 Å². The molecule has 2 heterocycles. The Bertz CT molecular complexity index is 1060. The van der Waals surface area contributed by atoms with Gasteiger partial charge in [-0.25, -0.2) is 8.42 Å². The first-order valence-electron chi connectivity index (χ1n) is 9.19. The highest BCUT2D eigenvalue weighted by atomic mass is 32.2. The molecule has 0 bridgehead atoms. The molecule has 146 valence electrons. The van der Waals surface area contributed by atoms with Crippen molar-refractivity contribution in [2.24, 2.45) is 4.99 Å². The second-order valence-corrected chi connectivity index (χ2v) is 10.5. The number of hydrogen-bond acceptors (Lipinski definition) is 6. The van der Waals surface area contributed by atoms with Crippen molar-refractivity contribution in [3.63, 3.8) is 0 Å². The van der Waals surface area contributed by atoms with E-state index < -0.39 is 9.84 Å². The molecule has 0 unspecified atom stereocenters. The molecule has 0 aromatic heterocycles. The van der Waals surface area contributed by atoms with Gasteiger partial charge in [-0.15, -0.1) is 0 Å². The predicted molar refractivity (Wildman–Crippen MR) is 115 cm³/mol. The predicted octanol–water partition coefficient (Wildman–Crippen LogP) is 3.47. The summed E-state index contributed by atoms with van der Waals surface area (Å²) in [5.74, 6) is 0.938. The minimum absolute atomic E-state index is 0.0115. The standard InChI is InChI=1S/C21H22N2O3S2/c1-14-5-3-6-16(9-14)11-27-21-22-19-12-28(25,26)13-20(19)23(21)18-8-4-7-17(10-18)15(2)24/h3-10,19-20H,11-13H2,1-2H3/t19-,20+/m0/s1. The van der Waals surface area contributed by atoms with Crippen LogP contribution in [-0.2, 0) is 15.6 Å². The minimum Gasteiger partial charge on any atom is -0.315 e. The monoisotopic (exact) mass is 414 g/mol. The highest BCUT2D eigenvalue weighted by molar-refractivity contribution is 8.13. The van der Waals surface area contributed by atoms with Gasteiger partial charge in [0.05, 0.1) is 23.6 Å². The molecular formula is C21H22N2O3S2. The van der Waals surface area contributed by atoms with Crippen LogP contribution in [0.15, 0.2) is 53.5 Å². The number of amidine groups is 1. The second-order valence-electron chi connectivity index (χ2n) is 7.38. The molecule has 0 aliphatic carbocycles. The third-order valence-corrected chi connectivity index (χ3v) is 7.83. The first-order chi connectivity index (χ1) is 13.3. The Morgan fingerprint density at radius 3 is 2.71 bits per heavy atom. The van der Waals surface area contributed by atoms with Gasteiger partial charge >= 0.3 is 0 Å². The van der Waals surface area contributed by atoms with Crippen LogP contribution in [0.3, 0.4) is 0 Å². The van der Waals surface area contributed by atoms with Crippen LogP contribution in [-0.4, -0.2) is 43.0 Å². The summed E-state index contributed by atoms with van der Waals surface area (Å²) in [4.78, 5) is 18.6. The normalized spacial score (nSPS) is 22.8. The van der Waals surface area contributed by atoms with Gasteiger partial charge < -0.3 is 4.90 Å². The fourth-order valence-corrected chi connectivity index (χ4v) is 6.67. The van der Waals surface area contributed by atoms with Crippen LogP contribution in [0, 0.1) is 6.92 Å². The third-order valence-electron chi connectivity index (χ3n) is 5.09. The summed E-state index contributed by atoms with van der Waals surface area (Å²) in [5, 5.41) is 0.826. The number of sulfone groups is 1. The maximum atomic E-state index is 12.2. The van der Waals surface area contributed by atoms with Crippen LogP contribution in [0.2, 0.25) is 0 Å². The van der Waals surface area contributed by atoms with E-state index in [9.17, 15) is 13.2 Å². The van der Waals surface area contributed by atoms with E-state index in [1.54, 1.807) is 17.8 Å². The van der Waals surface area contributed by atoms with Crippen molar-refractivity contribution in [3.05, 3.63) is 65.2 Å². The second kappa shape index (κ2) is 7.37. The Balaban J connectivity index is 1.65. The number of hydrogen-bond donors (Lipinski definition) is 0. The van der Waals surface area contributed by atoms with Crippen LogP contribution >= 0.6 is 11.8 Å². The molecule has 0 radical (unpaired) electrons. The lowest BCUT2D eigenvalue weighted by Crippen LogP contribution is -2.39. The molecule has 1 fully saturated rings. The first-order valence-corrected chi connectivity index (χ1v) is 12.0. The van der Waals surface area contributed by atoms with Crippen molar-refractivity contribution in [3.8, 4) is 0 Å². The lowest BCUT2D eigenvalue weighted by Gasteiger charge is -2.27. The molecule has 7 heteroatoms. The number of aliphatic imine (C=N–C) groups is 1. The fourth-order valence-electron chi connectivity index (χ4n) is 3.76. The number of ketones is 1. The molecule has 2 aliphatic heterocycles. The summed E-state index contributed by atoms with van der Waals surface area (Å²) in [6.07, 6.45) is 0. The van der Waals surface area contributed by atoms with Gasteiger partial charge in [0.1, 0.15) is 0 Å². The van der Waals surface area contributed by atoms with E-state index >= 15 is 0 Å². The molecule has 2 aliphatic rings. The topological polar surface area (TPSA) is 66.8 Å². The van der Waals surface area contributed by atoms with Gasteiger partial charge in [0.25, 0.3) is 0 Å². The number of rotatable bonds is 4. The van der Waals surface area contributed by atoms with E-state index in [1.807, 2.05) is 29.2 Å². The summed E-state index contributed by atoms with van der Waals surface area (Å²) >= 11 is 1.62. The number of aryl methyl sites for hydroxylation is 1. The molecule has 2 aromatic carbocycles. The maximum Gasteiger partial charge on any atom is 0.164 e.